The van der Waals surface area contributed by atoms with Gasteiger partial charge in [0.1, 0.15) is 5.01 Å². The normalized spacial score (nSPS) is 13.5. The van der Waals surface area contributed by atoms with Crippen molar-refractivity contribution in [3.05, 3.63) is 50.8 Å². The number of nitrogens with one attached hydrogen (secondary N) is 1. The third-order valence-corrected chi connectivity index (χ3v) is 6.39. The highest BCUT2D eigenvalue weighted by Gasteiger charge is 2.17. The van der Waals surface area contributed by atoms with E-state index in [1.54, 1.807) is 7.05 Å². The van der Waals surface area contributed by atoms with E-state index >= 15 is 0 Å². The van der Waals surface area contributed by atoms with Crippen molar-refractivity contribution in [3.8, 4) is 11.4 Å². The first-order chi connectivity index (χ1) is 14.6. The smallest absolute Gasteiger partial charge is 0.228 e. The zero-order valence-corrected chi connectivity index (χ0v) is 21.5. The van der Waals surface area contributed by atoms with Crippen LogP contribution >= 0.6 is 46.9 Å². The fourth-order valence-electron chi connectivity index (χ4n) is 3.52. The Balaban J connectivity index is 0.00000272. The number of benzene rings is 1. The minimum absolute atomic E-state index is 0. The predicted molar refractivity (Wildman–Crippen MR) is 135 cm³/mol. The molecular formula is C21H26ClIN6OS. The quantitative estimate of drug-likeness (QED) is 0.264. The molecule has 1 N–H and O–H groups in total. The maximum absolute atomic E-state index is 6.04. The van der Waals surface area contributed by atoms with E-state index in [0.29, 0.717) is 29.7 Å². The molecule has 10 heteroatoms. The second kappa shape index (κ2) is 11.2. The molecule has 0 saturated carbocycles. The monoisotopic (exact) mass is 572 g/mol. The molecule has 1 aliphatic rings. The van der Waals surface area contributed by atoms with E-state index in [-0.39, 0.29) is 24.0 Å². The first kappa shape index (κ1) is 23.9. The van der Waals surface area contributed by atoms with Gasteiger partial charge in [-0.15, -0.1) is 35.3 Å². The van der Waals surface area contributed by atoms with Gasteiger partial charge in [0.05, 0.1) is 12.2 Å². The van der Waals surface area contributed by atoms with Crippen LogP contribution in [0.5, 0.6) is 0 Å². The number of nitrogens with zero attached hydrogens (tertiary/aromatic N) is 5. The van der Waals surface area contributed by atoms with Crippen LogP contribution in [0.25, 0.3) is 11.4 Å². The van der Waals surface area contributed by atoms with Crippen LogP contribution < -0.4 is 5.32 Å². The lowest BCUT2D eigenvalue weighted by Gasteiger charge is -2.20. The van der Waals surface area contributed by atoms with Crippen molar-refractivity contribution in [1.29, 1.82) is 0 Å². The zero-order chi connectivity index (χ0) is 20.9. The fourth-order valence-corrected chi connectivity index (χ4v) is 4.92. The van der Waals surface area contributed by atoms with Gasteiger partial charge in [0.25, 0.3) is 0 Å². The van der Waals surface area contributed by atoms with E-state index in [1.807, 2.05) is 42.6 Å². The van der Waals surface area contributed by atoms with E-state index in [1.165, 1.54) is 29.8 Å². The summed E-state index contributed by atoms with van der Waals surface area (Å²) in [5.74, 6) is 1.93. The largest absolute Gasteiger partial charge is 0.356 e. The molecule has 0 spiro atoms. The molecule has 0 fully saturated rings. The van der Waals surface area contributed by atoms with Crippen molar-refractivity contribution in [2.45, 2.75) is 38.6 Å². The number of aryl methyl sites for hydroxylation is 2. The van der Waals surface area contributed by atoms with Crippen LogP contribution in [0.4, 0.5) is 0 Å². The van der Waals surface area contributed by atoms with Crippen molar-refractivity contribution in [2.75, 3.05) is 20.6 Å². The molecule has 2 heterocycles. The van der Waals surface area contributed by atoms with Crippen LogP contribution in [0.3, 0.4) is 0 Å². The lowest BCUT2D eigenvalue weighted by Crippen LogP contribution is -2.39. The van der Waals surface area contributed by atoms with Crippen LogP contribution in [0.15, 0.2) is 33.8 Å². The topological polar surface area (TPSA) is 79.4 Å². The number of guanidine groups is 1. The highest BCUT2D eigenvalue weighted by Crippen LogP contribution is 2.27. The van der Waals surface area contributed by atoms with Crippen molar-refractivity contribution < 1.29 is 4.52 Å². The summed E-state index contributed by atoms with van der Waals surface area (Å²) in [6.07, 6.45) is 5.42. The van der Waals surface area contributed by atoms with Crippen molar-refractivity contribution in [2.24, 2.45) is 4.99 Å². The van der Waals surface area contributed by atoms with Gasteiger partial charge in [-0.1, -0.05) is 28.9 Å². The maximum Gasteiger partial charge on any atom is 0.228 e. The second-order valence-electron chi connectivity index (χ2n) is 7.29. The minimum atomic E-state index is 0. The van der Waals surface area contributed by atoms with E-state index in [9.17, 15) is 0 Å². The van der Waals surface area contributed by atoms with Crippen LogP contribution in [0.2, 0.25) is 5.02 Å². The molecule has 0 aliphatic heterocycles. The van der Waals surface area contributed by atoms with Gasteiger partial charge in [0.2, 0.25) is 11.7 Å². The molecule has 0 unspecified atom stereocenters. The Labute approximate surface area is 208 Å². The molecule has 1 aromatic carbocycles. The third kappa shape index (κ3) is 6.17. The first-order valence-corrected chi connectivity index (χ1v) is 11.3. The summed E-state index contributed by atoms with van der Waals surface area (Å²) in [4.78, 5) is 17.2. The van der Waals surface area contributed by atoms with E-state index in [4.69, 9.17) is 21.1 Å². The van der Waals surface area contributed by atoms with Gasteiger partial charge in [0.15, 0.2) is 5.96 Å². The summed E-state index contributed by atoms with van der Waals surface area (Å²) in [5, 5.41) is 9.21. The van der Waals surface area contributed by atoms with Crippen molar-refractivity contribution >= 4 is 52.9 Å². The molecule has 0 bridgehead atoms. The van der Waals surface area contributed by atoms with Crippen molar-refractivity contribution in [3.63, 3.8) is 0 Å². The summed E-state index contributed by atoms with van der Waals surface area (Å²) in [6.45, 7) is 1.39. The Morgan fingerprint density at radius 2 is 2.13 bits per heavy atom. The lowest BCUT2D eigenvalue weighted by atomic mass is 10.0. The molecule has 0 saturated heterocycles. The molecule has 0 atom stereocenters. The first-order valence-electron chi connectivity index (χ1n) is 10.1. The number of hydrogen-bond donors (Lipinski definition) is 1. The van der Waals surface area contributed by atoms with Gasteiger partial charge < -0.3 is 14.7 Å². The standard InChI is InChI=1S/C21H25ClN6OS.HI/c1-23-21(28(2)13-19-25-16-8-3-4-9-17(16)30-19)24-11-10-18-26-20(27-29-18)14-6-5-7-15(22)12-14;/h5-7,12H,3-4,8-11,13H2,1-2H3,(H,23,24);1H. The van der Waals surface area contributed by atoms with Gasteiger partial charge in [-0.3, -0.25) is 4.99 Å². The highest BCUT2D eigenvalue weighted by atomic mass is 127. The molecule has 7 nitrogen and oxygen atoms in total. The average Bonchev–Trinajstić information content (AvgIpc) is 3.37. The van der Waals surface area contributed by atoms with E-state index in [0.717, 1.165) is 29.5 Å². The third-order valence-electron chi connectivity index (χ3n) is 5.01. The second-order valence-corrected chi connectivity index (χ2v) is 8.89. The Bertz CT molecular complexity index is 1010. The van der Waals surface area contributed by atoms with Gasteiger partial charge >= 0.3 is 0 Å². The van der Waals surface area contributed by atoms with Gasteiger partial charge in [0, 0.05) is 42.5 Å². The number of halogens is 2. The highest BCUT2D eigenvalue weighted by molar-refractivity contribution is 14.0. The molecule has 1 aliphatic carbocycles. The molecule has 3 aromatic rings. The Morgan fingerprint density at radius 1 is 1.29 bits per heavy atom. The average molecular weight is 573 g/mol. The number of fused-ring (bicyclic) bond motifs is 1. The molecule has 2 aromatic heterocycles. The summed E-state index contributed by atoms with van der Waals surface area (Å²) in [7, 11) is 3.81. The summed E-state index contributed by atoms with van der Waals surface area (Å²) < 4.78 is 5.37. The number of rotatable bonds is 6. The molecule has 0 amide bonds. The summed E-state index contributed by atoms with van der Waals surface area (Å²) >= 11 is 7.87. The number of thiazole rings is 1. The van der Waals surface area contributed by atoms with Crippen LogP contribution in [-0.4, -0.2) is 46.6 Å². The Kier molecular flexibility index (Phi) is 8.67. The van der Waals surface area contributed by atoms with Gasteiger partial charge in [-0.2, -0.15) is 4.98 Å². The Morgan fingerprint density at radius 3 is 2.90 bits per heavy atom. The number of aliphatic imine (C=N–C) groups is 1. The number of aromatic nitrogens is 3. The molecule has 0 radical (unpaired) electrons. The molecule has 4 rings (SSSR count). The molecule has 166 valence electrons. The summed E-state index contributed by atoms with van der Waals surface area (Å²) in [6, 6.07) is 7.42. The fraction of sp³-hybridized carbons (Fsp3) is 0.429. The van der Waals surface area contributed by atoms with Crippen molar-refractivity contribution in [1.82, 2.24) is 25.3 Å². The van der Waals surface area contributed by atoms with Gasteiger partial charge in [-0.05, 0) is 37.8 Å². The predicted octanol–water partition coefficient (Wildman–Crippen LogP) is 4.59. The van der Waals surface area contributed by atoms with Gasteiger partial charge in [-0.25, -0.2) is 4.98 Å². The maximum atomic E-state index is 6.04. The minimum Gasteiger partial charge on any atom is -0.356 e. The SMILES string of the molecule is CN=C(NCCc1nc(-c2cccc(Cl)c2)no1)N(C)Cc1nc2c(s1)CCCC2.I. The van der Waals surface area contributed by atoms with E-state index in [2.05, 4.69) is 25.3 Å². The summed E-state index contributed by atoms with van der Waals surface area (Å²) in [5.41, 5.74) is 2.14. The Hall–Kier alpha value is -1.72. The number of hydrogen-bond acceptors (Lipinski definition) is 6. The lowest BCUT2D eigenvalue weighted by molar-refractivity contribution is 0.377. The van der Waals surface area contributed by atoms with Crippen LogP contribution in [-0.2, 0) is 25.8 Å². The van der Waals surface area contributed by atoms with Crippen LogP contribution in [0.1, 0.15) is 34.3 Å². The molecular weight excluding hydrogens is 547 g/mol. The van der Waals surface area contributed by atoms with Crippen LogP contribution in [0, 0.1) is 0 Å². The zero-order valence-electron chi connectivity index (χ0n) is 17.6. The molecule has 31 heavy (non-hydrogen) atoms. The van der Waals surface area contributed by atoms with E-state index < -0.39 is 0 Å².